The molecule has 13 heteroatoms. The van der Waals surface area contributed by atoms with E-state index in [2.05, 4.69) is 21.3 Å². The SMILES string of the molecule is N=C(N)Nc1cccc(C(=O)NCC(=O)NCCNC(=O)c2c(Cl)cc(-c3ccc(Cl)c(F)c3)cc2Cl)c1. The molecule has 0 atom stereocenters. The molecule has 3 amide bonds. The number of halogens is 4. The lowest BCUT2D eigenvalue weighted by molar-refractivity contribution is -0.120. The summed E-state index contributed by atoms with van der Waals surface area (Å²) in [5, 5.41) is 17.6. The molecule has 7 N–H and O–H groups in total. The summed E-state index contributed by atoms with van der Waals surface area (Å²) in [5.74, 6) is -2.40. The molecule has 198 valence electrons. The number of anilines is 1. The van der Waals surface area contributed by atoms with Crippen LogP contribution in [0.15, 0.2) is 54.6 Å². The molecule has 0 aliphatic heterocycles. The van der Waals surface area contributed by atoms with Gasteiger partial charge in [0.1, 0.15) is 5.82 Å². The molecule has 0 saturated heterocycles. The molecule has 0 radical (unpaired) electrons. The fraction of sp³-hybridized carbons (Fsp3) is 0.120. The molecule has 9 nitrogen and oxygen atoms in total. The van der Waals surface area contributed by atoms with E-state index in [-0.39, 0.29) is 51.8 Å². The van der Waals surface area contributed by atoms with Crippen molar-refractivity contribution in [1.29, 1.82) is 5.41 Å². The minimum Gasteiger partial charge on any atom is -0.370 e. The molecule has 0 aliphatic carbocycles. The van der Waals surface area contributed by atoms with Crippen molar-refractivity contribution in [2.45, 2.75) is 0 Å². The van der Waals surface area contributed by atoms with Crippen LogP contribution in [0.5, 0.6) is 0 Å². The summed E-state index contributed by atoms with van der Waals surface area (Å²) < 4.78 is 13.8. The molecule has 3 aromatic rings. The maximum atomic E-state index is 13.8. The van der Waals surface area contributed by atoms with Gasteiger partial charge in [-0.05, 0) is 53.6 Å². The predicted octanol–water partition coefficient (Wildman–Crippen LogP) is 4.03. The van der Waals surface area contributed by atoms with E-state index in [9.17, 15) is 18.8 Å². The molecule has 0 aliphatic rings. The summed E-state index contributed by atoms with van der Waals surface area (Å²) in [4.78, 5) is 36.9. The molecule has 0 spiro atoms. The molecular weight excluding hydrogens is 558 g/mol. The Morgan fingerprint density at radius 2 is 1.50 bits per heavy atom. The van der Waals surface area contributed by atoms with E-state index in [1.54, 1.807) is 24.3 Å². The topological polar surface area (TPSA) is 149 Å². The summed E-state index contributed by atoms with van der Waals surface area (Å²) in [6.07, 6.45) is 0. The van der Waals surface area contributed by atoms with Crippen molar-refractivity contribution in [3.63, 3.8) is 0 Å². The molecule has 0 fully saturated rings. The van der Waals surface area contributed by atoms with Crippen LogP contribution in [0.4, 0.5) is 10.1 Å². The number of hydrogen-bond acceptors (Lipinski definition) is 4. The van der Waals surface area contributed by atoms with Crippen LogP contribution in [0, 0.1) is 11.2 Å². The highest BCUT2D eigenvalue weighted by atomic mass is 35.5. The Hall–Kier alpha value is -3.86. The third-order valence-electron chi connectivity index (χ3n) is 5.07. The van der Waals surface area contributed by atoms with Gasteiger partial charge in [-0.25, -0.2) is 4.39 Å². The molecule has 0 bridgehead atoms. The van der Waals surface area contributed by atoms with E-state index in [0.717, 1.165) is 0 Å². The number of nitrogens with one attached hydrogen (secondary N) is 5. The van der Waals surface area contributed by atoms with E-state index < -0.39 is 23.5 Å². The number of nitrogens with two attached hydrogens (primary N) is 1. The molecule has 0 unspecified atom stereocenters. The summed E-state index contributed by atoms with van der Waals surface area (Å²) >= 11 is 18.3. The highest BCUT2D eigenvalue weighted by Gasteiger charge is 2.17. The zero-order chi connectivity index (χ0) is 27.8. The van der Waals surface area contributed by atoms with Crippen molar-refractivity contribution in [2.75, 3.05) is 25.0 Å². The Kier molecular flexibility index (Phi) is 9.89. The van der Waals surface area contributed by atoms with Gasteiger partial charge in [-0.1, -0.05) is 46.9 Å². The highest BCUT2D eigenvalue weighted by molar-refractivity contribution is 6.40. The molecule has 38 heavy (non-hydrogen) atoms. The van der Waals surface area contributed by atoms with E-state index in [1.165, 1.54) is 30.3 Å². The van der Waals surface area contributed by atoms with Crippen molar-refractivity contribution in [3.05, 3.63) is 86.6 Å². The van der Waals surface area contributed by atoms with Gasteiger partial charge in [-0.15, -0.1) is 0 Å². The molecule has 0 saturated carbocycles. The average molecular weight is 580 g/mol. The van der Waals surface area contributed by atoms with Gasteiger partial charge in [0.25, 0.3) is 11.8 Å². The van der Waals surface area contributed by atoms with Crippen molar-refractivity contribution < 1.29 is 18.8 Å². The van der Waals surface area contributed by atoms with E-state index in [4.69, 9.17) is 45.9 Å². The van der Waals surface area contributed by atoms with Crippen LogP contribution in [0.1, 0.15) is 20.7 Å². The Labute approximate surface area is 232 Å². The molecule has 3 aromatic carbocycles. The van der Waals surface area contributed by atoms with E-state index >= 15 is 0 Å². The van der Waals surface area contributed by atoms with Gasteiger partial charge in [0.2, 0.25) is 5.91 Å². The zero-order valence-electron chi connectivity index (χ0n) is 19.6. The van der Waals surface area contributed by atoms with Crippen molar-refractivity contribution in [2.24, 2.45) is 5.73 Å². The first-order valence-corrected chi connectivity index (χ1v) is 12.2. The normalized spacial score (nSPS) is 10.4. The number of hydrogen-bond donors (Lipinski definition) is 6. The molecular formula is C25H22Cl3FN6O3. The van der Waals surface area contributed by atoms with Gasteiger partial charge in [0.15, 0.2) is 5.96 Å². The summed E-state index contributed by atoms with van der Waals surface area (Å²) in [6.45, 7) is -0.147. The second-order valence-corrected chi connectivity index (χ2v) is 9.07. The van der Waals surface area contributed by atoms with Crippen LogP contribution < -0.4 is 27.0 Å². The Bertz CT molecular complexity index is 1380. The van der Waals surface area contributed by atoms with Crippen LogP contribution in [-0.4, -0.2) is 43.3 Å². The van der Waals surface area contributed by atoms with Crippen LogP contribution >= 0.6 is 34.8 Å². The van der Waals surface area contributed by atoms with Gasteiger partial charge in [0.05, 0.1) is 27.2 Å². The second kappa shape index (κ2) is 13.1. The molecule has 0 aromatic heterocycles. The van der Waals surface area contributed by atoms with Crippen LogP contribution in [0.3, 0.4) is 0 Å². The largest absolute Gasteiger partial charge is 0.370 e. The summed E-state index contributed by atoms with van der Waals surface area (Å²) in [6, 6.07) is 13.5. The Morgan fingerprint density at radius 3 is 2.16 bits per heavy atom. The van der Waals surface area contributed by atoms with Crippen LogP contribution in [-0.2, 0) is 4.79 Å². The average Bonchev–Trinajstić information content (AvgIpc) is 2.86. The lowest BCUT2D eigenvalue weighted by Gasteiger charge is -2.12. The van der Waals surface area contributed by atoms with Gasteiger partial charge in [0, 0.05) is 24.3 Å². The van der Waals surface area contributed by atoms with Crippen molar-refractivity contribution in [3.8, 4) is 11.1 Å². The van der Waals surface area contributed by atoms with E-state index in [0.29, 0.717) is 16.8 Å². The second-order valence-electron chi connectivity index (χ2n) is 7.85. The standard InChI is InChI=1S/C25H22Cl3FN6O3/c26-17-5-4-13(11-20(17)29)15-9-18(27)22(19(28)10-15)24(38)33-7-6-32-21(36)12-34-23(37)14-2-1-3-16(8-14)35-25(30)31/h1-5,8-11H,6-7,12H2,(H,32,36)(H,33,38)(H,34,37)(H4,30,31,35). The number of guanidine groups is 1. The maximum absolute atomic E-state index is 13.8. The minimum atomic E-state index is -0.601. The van der Waals surface area contributed by atoms with Crippen molar-refractivity contribution in [1.82, 2.24) is 16.0 Å². The Balaban J connectivity index is 1.47. The quantitative estimate of drug-likeness (QED) is 0.129. The first-order valence-electron chi connectivity index (χ1n) is 11.0. The summed E-state index contributed by atoms with van der Waals surface area (Å²) in [7, 11) is 0. The number of amides is 3. The van der Waals surface area contributed by atoms with Crippen molar-refractivity contribution >= 4 is 64.2 Å². The third kappa shape index (κ3) is 7.82. The van der Waals surface area contributed by atoms with Gasteiger partial charge in [-0.3, -0.25) is 19.8 Å². The molecule has 3 rings (SSSR count). The lowest BCUT2D eigenvalue weighted by Crippen LogP contribution is -2.40. The van der Waals surface area contributed by atoms with E-state index in [1.807, 2.05) is 0 Å². The number of carbonyl (C=O) groups is 3. The predicted molar refractivity (Wildman–Crippen MR) is 147 cm³/mol. The molecule has 0 heterocycles. The van der Waals surface area contributed by atoms with Gasteiger partial charge >= 0.3 is 0 Å². The summed E-state index contributed by atoms with van der Waals surface area (Å²) in [5.41, 5.74) is 7.03. The lowest BCUT2D eigenvalue weighted by atomic mass is 10.0. The zero-order valence-corrected chi connectivity index (χ0v) is 21.9. The first kappa shape index (κ1) is 28.7. The van der Waals surface area contributed by atoms with Gasteiger partial charge in [-0.2, -0.15) is 0 Å². The fourth-order valence-electron chi connectivity index (χ4n) is 3.32. The monoisotopic (exact) mass is 578 g/mol. The van der Waals surface area contributed by atoms with Crippen LogP contribution in [0.2, 0.25) is 15.1 Å². The fourth-order valence-corrected chi connectivity index (χ4v) is 4.09. The van der Waals surface area contributed by atoms with Crippen LogP contribution in [0.25, 0.3) is 11.1 Å². The number of benzene rings is 3. The first-order chi connectivity index (χ1) is 18.0. The number of carbonyl (C=O) groups excluding carboxylic acids is 3. The van der Waals surface area contributed by atoms with Gasteiger partial charge < -0.3 is 27.0 Å². The maximum Gasteiger partial charge on any atom is 0.254 e. The smallest absolute Gasteiger partial charge is 0.254 e. The Morgan fingerprint density at radius 1 is 0.816 bits per heavy atom. The minimum absolute atomic E-state index is 0.0232. The number of rotatable bonds is 9. The third-order valence-corrected chi connectivity index (χ3v) is 5.97. The highest BCUT2D eigenvalue weighted by Crippen LogP contribution is 2.33.